The standard InChI is InChI=1S/C17H25N3O2/c1-12(2)20(11-14-6-4-5-8-18-14)16(21)7-9-19-17(22)15-10-13(15)3/h4-6,8,12-13,15H,7,9-11H2,1-3H3,(H,19,22)/t13-,15+/m0/s1. The molecule has 5 nitrogen and oxygen atoms in total. The van der Waals surface area contributed by atoms with Gasteiger partial charge in [0.05, 0.1) is 12.2 Å². The van der Waals surface area contributed by atoms with Gasteiger partial charge in [-0.15, -0.1) is 0 Å². The van der Waals surface area contributed by atoms with E-state index in [9.17, 15) is 9.59 Å². The lowest BCUT2D eigenvalue weighted by atomic mass is 10.2. The summed E-state index contributed by atoms with van der Waals surface area (Å²) >= 11 is 0. The number of carbonyl (C=O) groups excluding carboxylic acids is 2. The molecule has 5 heteroatoms. The number of nitrogens with one attached hydrogen (secondary N) is 1. The Morgan fingerprint density at radius 1 is 1.41 bits per heavy atom. The molecule has 2 amide bonds. The van der Waals surface area contributed by atoms with Crippen molar-refractivity contribution in [2.75, 3.05) is 6.54 Å². The monoisotopic (exact) mass is 303 g/mol. The van der Waals surface area contributed by atoms with Gasteiger partial charge in [0.25, 0.3) is 0 Å². The van der Waals surface area contributed by atoms with Gasteiger partial charge in [-0.05, 0) is 38.3 Å². The van der Waals surface area contributed by atoms with Crippen molar-refractivity contribution in [3.63, 3.8) is 0 Å². The van der Waals surface area contributed by atoms with Crippen LogP contribution in [0.1, 0.15) is 39.3 Å². The SMILES string of the molecule is CC(C)N(Cc1ccccn1)C(=O)CCNC(=O)[C@@H]1C[C@@H]1C. The van der Waals surface area contributed by atoms with Crippen LogP contribution in [-0.4, -0.2) is 34.3 Å². The maximum atomic E-state index is 12.4. The van der Waals surface area contributed by atoms with E-state index in [2.05, 4.69) is 17.2 Å². The summed E-state index contributed by atoms with van der Waals surface area (Å²) < 4.78 is 0. The molecule has 2 rings (SSSR count). The number of pyridine rings is 1. The van der Waals surface area contributed by atoms with Crippen molar-refractivity contribution in [1.29, 1.82) is 0 Å². The Hall–Kier alpha value is -1.91. The van der Waals surface area contributed by atoms with Crippen LogP contribution in [0.5, 0.6) is 0 Å². The van der Waals surface area contributed by atoms with Gasteiger partial charge in [0.15, 0.2) is 0 Å². The quantitative estimate of drug-likeness (QED) is 0.838. The molecule has 0 bridgehead atoms. The number of nitrogens with zero attached hydrogens (tertiary/aromatic N) is 2. The van der Waals surface area contributed by atoms with E-state index in [-0.39, 0.29) is 23.8 Å². The summed E-state index contributed by atoms with van der Waals surface area (Å²) in [6, 6.07) is 5.80. The number of hydrogen-bond donors (Lipinski definition) is 1. The van der Waals surface area contributed by atoms with E-state index in [0.717, 1.165) is 12.1 Å². The summed E-state index contributed by atoms with van der Waals surface area (Å²) in [6.07, 6.45) is 3.03. The molecule has 1 saturated carbocycles. The fraction of sp³-hybridized carbons (Fsp3) is 0.588. The van der Waals surface area contributed by atoms with Crippen LogP contribution in [0, 0.1) is 11.8 Å². The molecule has 1 aliphatic rings. The van der Waals surface area contributed by atoms with Crippen LogP contribution in [0.2, 0.25) is 0 Å². The molecule has 1 aromatic rings. The van der Waals surface area contributed by atoms with Gasteiger partial charge in [-0.1, -0.05) is 13.0 Å². The average Bonchev–Trinajstić information content (AvgIpc) is 3.22. The Morgan fingerprint density at radius 2 is 2.14 bits per heavy atom. The molecule has 0 saturated heterocycles. The second kappa shape index (κ2) is 7.38. The zero-order valence-electron chi connectivity index (χ0n) is 13.6. The van der Waals surface area contributed by atoms with Crippen LogP contribution in [0.4, 0.5) is 0 Å². The minimum atomic E-state index is 0.0461. The van der Waals surface area contributed by atoms with Gasteiger partial charge in [0.1, 0.15) is 0 Å². The fourth-order valence-corrected chi connectivity index (χ4v) is 2.48. The van der Waals surface area contributed by atoms with E-state index >= 15 is 0 Å². The predicted octanol–water partition coefficient (Wildman–Crippen LogP) is 1.98. The summed E-state index contributed by atoms with van der Waals surface area (Å²) in [4.78, 5) is 30.2. The lowest BCUT2D eigenvalue weighted by Crippen LogP contribution is -2.39. The van der Waals surface area contributed by atoms with Crippen LogP contribution in [-0.2, 0) is 16.1 Å². The van der Waals surface area contributed by atoms with E-state index in [0.29, 0.717) is 25.4 Å². The number of carbonyl (C=O) groups is 2. The molecule has 0 aliphatic heterocycles. The molecule has 2 atom stereocenters. The highest BCUT2D eigenvalue weighted by atomic mass is 16.2. The minimum absolute atomic E-state index is 0.0461. The first-order valence-electron chi connectivity index (χ1n) is 7.96. The van der Waals surface area contributed by atoms with Gasteiger partial charge < -0.3 is 10.2 Å². The second-order valence-corrected chi connectivity index (χ2v) is 6.30. The molecular weight excluding hydrogens is 278 g/mol. The van der Waals surface area contributed by atoms with Gasteiger partial charge in [-0.3, -0.25) is 14.6 Å². The van der Waals surface area contributed by atoms with Crippen molar-refractivity contribution in [1.82, 2.24) is 15.2 Å². The largest absolute Gasteiger partial charge is 0.355 e. The van der Waals surface area contributed by atoms with Crippen LogP contribution in [0.3, 0.4) is 0 Å². The van der Waals surface area contributed by atoms with Crippen LogP contribution in [0.15, 0.2) is 24.4 Å². The summed E-state index contributed by atoms with van der Waals surface area (Å²) in [5.41, 5.74) is 0.875. The molecule has 0 spiro atoms. The van der Waals surface area contributed by atoms with Crippen molar-refractivity contribution in [3.8, 4) is 0 Å². The first kappa shape index (κ1) is 16.5. The zero-order valence-corrected chi connectivity index (χ0v) is 13.6. The molecule has 1 fully saturated rings. The lowest BCUT2D eigenvalue weighted by molar-refractivity contribution is -0.133. The molecule has 120 valence electrons. The first-order chi connectivity index (χ1) is 10.5. The highest BCUT2D eigenvalue weighted by Gasteiger charge is 2.38. The Kier molecular flexibility index (Phi) is 5.52. The molecule has 1 aromatic heterocycles. The lowest BCUT2D eigenvalue weighted by Gasteiger charge is -2.26. The fourth-order valence-electron chi connectivity index (χ4n) is 2.48. The van der Waals surface area contributed by atoms with Crippen LogP contribution < -0.4 is 5.32 Å². The third-order valence-electron chi connectivity index (χ3n) is 4.09. The Labute approximate surface area is 132 Å². The molecule has 1 N–H and O–H groups in total. The van der Waals surface area contributed by atoms with Crippen molar-refractivity contribution >= 4 is 11.8 Å². The maximum absolute atomic E-state index is 12.4. The zero-order chi connectivity index (χ0) is 16.1. The normalized spacial score (nSPS) is 19.8. The number of aromatic nitrogens is 1. The number of rotatable bonds is 7. The Bertz CT molecular complexity index is 516. The highest BCUT2D eigenvalue weighted by molar-refractivity contribution is 5.82. The first-order valence-corrected chi connectivity index (χ1v) is 7.96. The highest BCUT2D eigenvalue weighted by Crippen LogP contribution is 2.37. The van der Waals surface area contributed by atoms with Crippen molar-refractivity contribution in [2.24, 2.45) is 11.8 Å². The molecule has 0 unspecified atom stereocenters. The Morgan fingerprint density at radius 3 is 2.68 bits per heavy atom. The summed E-state index contributed by atoms with van der Waals surface area (Å²) in [5.74, 6) is 0.780. The topological polar surface area (TPSA) is 62.3 Å². The maximum Gasteiger partial charge on any atom is 0.224 e. The van der Waals surface area contributed by atoms with Gasteiger partial charge in [0.2, 0.25) is 11.8 Å². The predicted molar refractivity (Wildman–Crippen MR) is 84.8 cm³/mol. The summed E-state index contributed by atoms with van der Waals surface area (Å²) in [6.45, 7) is 6.97. The second-order valence-electron chi connectivity index (χ2n) is 6.30. The van der Waals surface area contributed by atoms with Crippen molar-refractivity contribution in [2.45, 2.75) is 46.2 Å². The summed E-state index contributed by atoms with van der Waals surface area (Å²) in [5, 5.41) is 2.86. The third-order valence-corrected chi connectivity index (χ3v) is 4.09. The van der Waals surface area contributed by atoms with Gasteiger partial charge in [-0.2, -0.15) is 0 Å². The van der Waals surface area contributed by atoms with E-state index in [1.165, 1.54) is 0 Å². The van der Waals surface area contributed by atoms with E-state index in [1.807, 2.05) is 32.0 Å². The number of hydrogen-bond acceptors (Lipinski definition) is 3. The third kappa shape index (κ3) is 4.55. The molecular formula is C17H25N3O2. The van der Waals surface area contributed by atoms with Crippen LogP contribution in [0.25, 0.3) is 0 Å². The minimum Gasteiger partial charge on any atom is -0.355 e. The molecule has 1 aliphatic carbocycles. The van der Waals surface area contributed by atoms with Gasteiger partial charge in [0, 0.05) is 31.1 Å². The van der Waals surface area contributed by atoms with E-state index in [1.54, 1.807) is 11.1 Å². The summed E-state index contributed by atoms with van der Waals surface area (Å²) in [7, 11) is 0. The van der Waals surface area contributed by atoms with E-state index in [4.69, 9.17) is 0 Å². The molecule has 1 heterocycles. The smallest absolute Gasteiger partial charge is 0.224 e. The van der Waals surface area contributed by atoms with E-state index < -0.39 is 0 Å². The average molecular weight is 303 g/mol. The van der Waals surface area contributed by atoms with Gasteiger partial charge in [-0.25, -0.2) is 0 Å². The van der Waals surface area contributed by atoms with Crippen LogP contribution >= 0.6 is 0 Å². The molecule has 0 radical (unpaired) electrons. The number of amides is 2. The van der Waals surface area contributed by atoms with Crippen molar-refractivity contribution in [3.05, 3.63) is 30.1 Å². The molecule has 22 heavy (non-hydrogen) atoms. The van der Waals surface area contributed by atoms with Crippen molar-refractivity contribution < 1.29 is 9.59 Å². The molecule has 0 aromatic carbocycles. The Balaban J connectivity index is 1.80. The van der Waals surface area contributed by atoms with Gasteiger partial charge >= 0.3 is 0 Å².